The largest absolute Gasteiger partial charge is 0.453 e. The first-order valence-corrected chi connectivity index (χ1v) is 24.2. The predicted octanol–water partition coefficient (Wildman–Crippen LogP) is 5.48. The molecule has 4 aromatic rings. The van der Waals surface area contributed by atoms with Gasteiger partial charge in [0.1, 0.15) is 23.7 Å². The van der Waals surface area contributed by atoms with Crippen LogP contribution in [0.4, 0.5) is 59.4 Å². The van der Waals surface area contributed by atoms with Gasteiger partial charge in [-0.25, -0.2) is 38.0 Å². The van der Waals surface area contributed by atoms with Crippen LogP contribution in [0.1, 0.15) is 56.5 Å². The van der Waals surface area contributed by atoms with Crippen molar-refractivity contribution in [2.45, 2.75) is 89.8 Å². The van der Waals surface area contributed by atoms with Crippen LogP contribution >= 0.6 is 0 Å². The Hall–Kier alpha value is -7.29. The second kappa shape index (κ2) is 25.2. The van der Waals surface area contributed by atoms with Gasteiger partial charge in [0, 0.05) is 74.5 Å². The number of ether oxygens (including phenoxy) is 3. The Labute approximate surface area is 446 Å². The van der Waals surface area contributed by atoms with Crippen molar-refractivity contribution < 1.29 is 82.4 Å². The average Bonchev–Trinajstić information content (AvgIpc) is 3.90. The first kappa shape index (κ1) is 60.9. The molecule has 19 nitrogen and oxygen atoms in total. The number of methoxy groups -OCH3 is 2. The molecule has 5 N–H and O–H groups in total. The Balaban J connectivity index is 1.32. The number of halogens is 10. The smallest absolute Gasteiger partial charge is 0.407 e. The first-order valence-electron chi connectivity index (χ1n) is 24.2. The Morgan fingerprint density at radius 1 is 0.785 bits per heavy atom. The molecule has 2 aromatic carbocycles. The third-order valence-corrected chi connectivity index (χ3v) is 13.5. The highest BCUT2D eigenvalue weighted by Crippen LogP contribution is 2.42. The van der Waals surface area contributed by atoms with E-state index in [1.807, 2.05) is 10.7 Å². The fourth-order valence-electron chi connectivity index (χ4n) is 8.19. The Morgan fingerprint density at radius 2 is 1.32 bits per heavy atom. The summed E-state index contributed by atoms with van der Waals surface area (Å²) in [6.07, 6.45) is -12.1. The topological polar surface area (TPSA) is 218 Å². The van der Waals surface area contributed by atoms with E-state index in [1.54, 1.807) is 17.7 Å². The van der Waals surface area contributed by atoms with E-state index in [2.05, 4.69) is 51.5 Å². The van der Waals surface area contributed by atoms with Crippen molar-refractivity contribution in [3.63, 3.8) is 0 Å². The summed E-state index contributed by atoms with van der Waals surface area (Å²) >= 11 is 0. The molecule has 29 heteroatoms. The van der Waals surface area contributed by atoms with Crippen LogP contribution < -0.4 is 26.3 Å². The number of nitrogens with one attached hydrogen (secondary N) is 4. The molecule has 6 rings (SSSR count). The molecule has 4 unspecified atom stereocenters. The molecule has 0 radical (unpaired) electrons. The van der Waals surface area contributed by atoms with Crippen molar-refractivity contribution >= 4 is 29.9 Å². The highest BCUT2D eigenvalue weighted by atomic mass is 19.4. The van der Waals surface area contributed by atoms with Crippen LogP contribution in [0.15, 0.2) is 61.1 Å². The number of aromatic nitrogens is 4. The molecule has 4 atom stereocenters. The van der Waals surface area contributed by atoms with Gasteiger partial charge in [-0.15, -0.1) is 0 Å². The molecule has 430 valence electrons. The number of benzene rings is 2. The van der Waals surface area contributed by atoms with E-state index in [-0.39, 0.29) is 21.5 Å². The van der Waals surface area contributed by atoms with Gasteiger partial charge in [-0.2, -0.15) is 40.2 Å². The lowest BCUT2D eigenvalue weighted by Gasteiger charge is -2.42. The fraction of sp³-hybridized carbons (Fsp3) is 0.500. The minimum Gasteiger partial charge on any atom is -0.453 e. The van der Waals surface area contributed by atoms with E-state index in [4.69, 9.17) is 4.74 Å². The lowest BCUT2D eigenvalue weighted by Crippen LogP contribution is -2.63. The molecule has 0 bridgehead atoms. The number of hydrogen-bond donors (Lipinski definition) is 5. The number of aliphatic hydroxyl groups excluding tert-OH is 1. The van der Waals surface area contributed by atoms with Crippen LogP contribution in [0.2, 0.25) is 0 Å². The molecule has 79 heavy (non-hydrogen) atoms. The number of alkyl halides is 8. The molecule has 2 saturated heterocycles. The van der Waals surface area contributed by atoms with E-state index in [9.17, 15) is 59.4 Å². The van der Waals surface area contributed by atoms with Crippen LogP contribution in [0, 0.1) is 34.3 Å². The zero-order valence-electron chi connectivity index (χ0n) is 43.3. The molecule has 0 saturated carbocycles. The van der Waals surface area contributed by atoms with Crippen LogP contribution in [0.25, 0.3) is 11.3 Å². The summed E-state index contributed by atoms with van der Waals surface area (Å²) in [5.74, 6) is 0.321. The summed E-state index contributed by atoms with van der Waals surface area (Å²) in [5.41, 5.74) is -4.62. The molecule has 2 fully saturated rings. The molecule has 4 heterocycles. The zero-order chi connectivity index (χ0) is 58.2. The van der Waals surface area contributed by atoms with Crippen molar-refractivity contribution in [3.8, 4) is 23.1 Å². The molecular formula is C50H57F10N11O8. The number of amides is 4. The van der Waals surface area contributed by atoms with Gasteiger partial charge in [0.05, 0.1) is 67.7 Å². The molecular weight excluding hydrogens is 1070 g/mol. The molecule has 2 aromatic heterocycles. The number of piperazine rings is 1. The first-order chi connectivity index (χ1) is 37.0. The van der Waals surface area contributed by atoms with Gasteiger partial charge in [0.25, 0.3) is 5.91 Å². The molecule has 4 amide bonds. The van der Waals surface area contributed by atoms with Gasteiger partial charge in [0.15, 0.2) is 0 Å². The van der Waals surface area contributed by atoms with E-state index < -0.39 is 115 Å². The van der Waals surface area contributed by atoms with Crippen LogP contribution in [-0.4, -0.2) is 162 Å². The Morgan fingerprint density at radius 3 is 1.80 bits per heavy atom. The van der Waals surface area contributed by atoms with Crippen molar-refractivity contribution in [1.82, 2.24) is 51.0 Å². The number of hydrazine groups is 1. The maximum atomic E-state index is 16.0. The third-order valence-electron chi connectivity index (χ3n) is 13.5. The van der Waals surface area contributed by atoms with Gasteiger partial charge >= 0.3 is 31.1 Å². The lowest BCUT2D eigenvalue weighted by atomic mass is 9.82. The number of carbonyl (C=O) groups is 4. The highest BCUT2D eigenvalue weighted by molar-refractivity contribution is 5.87. The average molecular weight is 1130 g/mol. The van der Waals surface area contributed by atoms with Crippen molar-refractivity contribution in [3.05, 3.63) is 94.9 Å². The van der Waals surface area contributed by atoms with Gasteiger partial charge in [0.2, 0.25) is 11.9 Å². The van der Waals surface area contributed by atoms with Gasteiger partial charge in [-0.1, -0.05) is 24.0 Å². The van der Waals surface area contributed by atoms with E-state index in [0.717, 1.165) is 52.7 Å². The molecule has 0 spiro atoms. The number of hydrogen-bond acceptors (Lipinski definition) is 14. The maximum absolute atomic E-state index is 16.0. The normalized spacial score (nSPS) is 16.2. The third kappa shape index (κ3) is 15.1. The second-order valence-electron chi connectivity index (χ2n) is 19.6. The standard InChI is InChI=1S/C50H57F10N11O8/c1-47(2,49(55,56)57)39(64-45(75)77-5)41(73)63-37(19-29-10-7-28(8-11-29)9-12-30-22-61-44(62-23-30)69-17-15-68(16-18-69)32-26-79-27-32)38(72)25-70(67-42(74)40(65-46(76)78-6)48(3,4)50(58,59)60)24-33-34(51)20-31(21-35(33)52)36-13-14-71(66-36)43(53)54/h7-8,10-11,13-14,20-23,32,37-40,43,72H,15-19,24-27H2,1-6H3,(H,63,73)(H,64,75)(H,65,76)(H,67,74). The monoisotopic (exact) mass is 1130 g/mol. The molecule has 2 aliphatic rings. The Bertz CT molecular complexity index is 2810. The predicted molar refractivity (Wildman–Crippen MR) is 260 cm³/mol. The SMILES string of the molecule is COC(=O)NC(C(=O)NC(Cc1ccc(C#Cc2cnc(N3CCN(C4COC4)CC3)nc2)cc1)C(O)CN(Cc1c(F)cc(-c2ccn(C(F)F)n2)cc1F)NC(=O)C(NC(=O)OC)C(C)(C)C(F)(F)F)C(C)(C)C(F)(F)F. The maximum Gasteiger partial charge on any atom is 0.407 e. The number of anilines is 1. The molecule has 0 aliphatic carbocycles. The number of carbonyl (C=O) groups excluding carboxylic acids is 4. The number of alkyl carbamates (subject to hydrolysis) is 2. The van der Waals surface area contributed by atoms with Gasteiger partial charge in [-0.05, 0) is 70.0 Å². The van der Waals surface area contributed by atoms with E-state index >= 15 is 8.78 Å². The summed E-state index contributed by atoms with van der Waals surface area (Å²) in [6, 6.07) is 1.89. The minimum absolute atomic E-state index is 0.195. The minimum atomic E-state index is -5.23. The van der Waals surface area contributed by atoms with Crippen molar-refractivity contribution in [2.75, 3.05) is 65.1 Å². The van der Waals surface area contributed by atoms with Crippen LogP contribution in [-0.2, 0) is 36.8 Å². The lowest BCUT2D eigenvalue weighted by molar-refractivity contribution is -0.221. The number of rotatable bonds is 19. The van der Waals surface area contributed by atoms with Crippen molar-refractivity contribution in [1.29, 1.82) is 0 Å². The summed E-state index contributed by atoms with van der Waals surface area (Å²) in [4.78, 5) is 66.1. The van der Waals surface area contributed by atoms with Gasteiger partial charge in [-0.3, -0.25) is 19.9 Å². The summed E-state index contributed by atoms with van der Waals surface area (Å²) in [5, 5.41) is 22.0. The zero-order valence-corrected chi connectivity index (χ0v) is 43.3. The van der Waals surface area contributed by atoms with Crippen molar-refractivity contribution in [2.24, 2.45) is 10.8 Å². The van der Waals surface area contributed by atoms with Crippen LogP contribution in [0.5, 0.6) is 0 Å². The molecule has 2 aliphatic heterocycles. The highest BCUT2D eigenvalue weighted by Gasteiger charge is 2.57. The van der Waals surface area contributed by atoms with E-state index in [1.165, 1.54) is 24.3 Å². The second-order valence-corrected chi connectivity index (χ2v) is 19.6. The summed E-state index contributed by atoms with van der Waals surface area (Å²) in [7, 11) is 1.59. The fourth-order valence-corrected chi connectivity index (χ4v) is 8.19. The van der Waals surface area contributed by atoms with Gasteiger partial charge < -0.3 is 40.2 Å². The summed E-state index contributed by atoms with van der Waals surface area (Å²) in [6.45, 7) is 1.36. The number of aliphatic hydroxyl groups is 1. The quantitative estimate of drug-likeness (QED) is 0.0447. The Kier molecular flexibility index (Phi) is 19.5. The van der Waals surface area contributed by atoms with Crippen LogP contribution in [0.3, 0.4) is 0 Å². The number of nitrogens with zero attached hydrogens (tertiary/aromatic N) is 7. The van der Waals surface area contributed by atoms with E-state index in [0.29, 0.717) is 81.2 Å². The summed E-state index contributed by atoms with van der Waals surface area (Å²) < 4.78 is 160.